The molecule has 2 rings (SSSR count). The Bertz CT molecular complexity index is 462. The second kappa shape index (κ2) is 8.81. The first-order valence-corrected chi connectivity index (χ1v) is 7.45. The second-order valence-electron chi connectivity index (χ2n) is 4.92. The van der Waals surface area contributed by atoms with Gasteiger partial charge in [-0.05, 0) is 31.0 Å². The molecule has 1 aliphatic rings. The summed E-state index contributed by atoms with van der Waals surface area (Å²) in [4.78, 5) is 4.21. The first-order valence-electron chi connectivity index (χ1n) is 6.65. The smallest absolute Gasteiger partial charge is 0.189 e. The number of benzene rings is 1. The van der Waals surface area contributed by atoms with E-state index in [1.807, 2.05) is 0 Å². The van der Waals surface area contributed by atoms with Crippen LogP contribution in [-0.4, -0.2) is 12.0 Å². The van der Waals surface area contributed by atoms with Crippen molar-refractivity contribution in [2.75, 3.05) is 0 Å². The van der Waals surface area contributed by atoms with Crippen molar-refractivity contribution >= 4 is 45.9 Å². The molecule has 20 heavy (non-hydrogen) atoms. The third-order valence-corrected chi connectivity index (χ3v) is 3.88. The van der Waals surface area contributed by atoms with Crippen molar-refractivity contribution in [1.82, 2.24) is 5.32 Å². The summed E-state index contributed by atoms with van der Waals surface area (Å²) in [6.07, 6.45) is 6.07. The lowest BCUT2D eigenvalue weighted by Gasteiger charge is -2.23. The molecule has 0 heterocycles. The lowest BCUT2D eigenvalue weighted by atomic mass is 9.96. The summed E-state index contributed by atoms with van der Waals surface area (Å²) < 4.78 is 14.4. The number of nitrogens with zero attached hydrogens (tertiary/aromatic N) is 1. The number of hydrogen-bond acceptors (Lipinski definition) is 1. The Kier molecular flexibility index (Phi) is 7.79. The van der Waals surface area contributed by atoms with Crippen LogP contribution in [0.15, 0.2) is 27.7 Å². The molecule has 0 atom stereocenters. The number of hydrogen-bond donors (Lipinski definition) is 2. The number of nitrogens with one attached hydrogen (secondary N) is 1. The van der Waals surface area contributed by atoms with Gasteiger partial charge < -0.3 is 11.1 Å². The highest BCUT2D eigenvalue weighted by atomic mass is 127. The van der Waals surface area contributed by atoms with E-state index >= 15 is 0 Å². The van der Waals surface area contributed by atoms with Crippen molar-refractivity contribution in [3.05, 3.63) is 34.1 Å². The first-order chi connectivity index (χ1) is 9.15. The summed E-state index contributed by atoms with van der Waals surface area (Å²) in [5.74, 6) is 0.156. The van der Waals surface area contributed by atoms with Crippen LogP contribution in [0, 0.1) is 5.82 Å². The Morgan fingerprint density at radius 3 is 2.75 bits per heavy atom. The molecule has 1 aromatic rings. The standard InChI is InChI=1S/C14H19BrFN3.HI/c15-11-6-7-13(16)10(8-11)9-18-14(17)19-12-4-2-1-3-5-12;/h6-8,12H,1-5,9H2,(H3,17,18,19);1H. The fourth-order valence-corrected chi connectivity index (χ4v) is 2.75. The van der Waals surface area contributed by atoms with Crippen molar-refractivity contribution in [2.45, 2.75) is 44.7 Å². The molecular formula is C14H20BrFIN3. The Morgan fingerprint density at radius 1 is 1.35 bits per heavy atom. The molecule has 0 bridgehead atoms. The summed E-state index contributed by atoms with van der Waals surface area (Å²) in [5, 5.41) is 3.22. The topological polar surface area (TPSA) is 50.4 Å². The van der Waals surface area contributed by atoms with Gasteiger partial charge in [0.2, 0.25) is 0 Å². The van der Waals surface area contributed by atoms with Gasteiger partial charge in [-0.2, -0.15) is 0 Å². The van der Waals surface area contributed by atoms with Gasteiger partial charge in [0, 0.05) is 16.1 Å². The number of nitrogens with two attached hydrogens (primary N) is 1. The Balaban J connectivity index is 0.00000200. The largest absolute Gasteiger partial charge is 0.370 e. The highest BCUT2D eigenvalue weighted by Gasteiger charge is 2.13. The molecule has 0 aromatic heterocycles. The van der Waals surface area contributed by atoms with Gasteiger partial charge in [0.25, 0.3) is 0 Å². The van der Waals surface area contributed by atoms with Crippen molar-refractivity contribution < 1.29 is 4.39 Å². The first kappa shape index (κ1) is 17.7. The molecule has 6 heteroatoms. The third-order valence-electron chi connectivity index (χ3n) is 3.38. The average molecular weight is 456 g/mol. The minimum Gasteiger partial charge on any atom is -0.370 e. The number of guanidine groups is 1. The fourth-order valence-electron chi connectivity index (χ4n) is 2.34. The Labute approximate surface area is 144 Å². The van der Waals surface area contributed by atoms with Crippen LogP contribution in [0.25, 0.3) is 0 Å². The molecule has 0 unspecified atom stereocenters. The van der Waals surface area contributed by atoms with Gasteiger partial charge in [0.1, 0.15) is 5.82 Å². The van der Waals surface area contributed by atoms with Crippen LogP contribution in [0.2, 0.25) is 0 Å². The van der Waals surface area contributed by atoms with Gasteiger partial charge in [0.05, 0.1) is 6.54 Å². The zero-order chi connectivity index (χ0) is 13.7. The SMILES string of the molecule is I.NC(=NCc1cc(Br)ccc1F)NC1CCCCC1. The second-order valence-corrected chi connectivity index (χ2v) is 5.83. The lowest BCUT2D eigenvalue weighted by molar-refractivity contribution is 0.412. The average Bonchev–Trinajstić information content (AvgIpc) is 2.41. The molecule has 3 nitrogen and oxygen atoms in total. The van der Waals surface area contributed by atoms with Crippen LogP contribution in [0.3, 0.4) is 0 Å². The highest BCUT2D eigenvalue weighted by Crippen LogP contribution is 2.18. The van der Waals surface area contributed by atoms with Gasteiger partial charge in [-0.1, -0.05) is 35.2 Å². The molecule has 1 saturated carbocycles. The van der Waals surface area contributed by atoms with E-state index in [-0.39, 0.29) is 36.3 Å². The maximum absolute atomic E-state index is 13.5. The minimum atomic E-state index is -0.252. The predicted molar refractivity (Wildman–Crippen MR) is 94.9 cm³/mol. The summed E-state index contributed by atoms with van der Waals surface area (Å²) in [5.41, 5.74) is 6.39. The van der Waals surface area contributed by atoms with Crippen LogP contribution in [0.5, 0.6) is 0 Å². The van der Waals surface area contributed by atoms with Crippen LogP contribution >= 0.6 is 39.9 Å². The van der Waals surface area contributed by atoms with Gasteiger partial charge in [-0.15, -0.1) is 24.0 Å². The molecular weight excluding hydrogens is 436 g/mol. The summed E-state index contributed by atoms with van der Waals surface area (Å²) in [6.45, 7) is 0.261. The molecule has 1 aliphatic carbocycles. The molecule has 0 saturated heterocycles. The molecule has 1 fully saturated rings. The Morgan fingerprint density at radius 2 is 2.05 bits per heavy atom. The zero-order valence-electron chi connectivity index (χ0n) is 11.2. The van der Waals surface area contributed by atoms with Gasteiger partial charge >= 0.3 is 0 Å². The van der Waals surface area contributed by atoms with Crippen molar-refractivity contribution in [3.63, 3.8) is 0 Å². The fraction of sp³-hybridized carbons (Fsp3) is 0.500. The maximum atomic E-state index is 13.5. The monoisotopic (exact) mass is 455 g/mol. The molecule has 1 aromatic carbocycles. The van der Waals surface area contributed by atoms with E-state index in [2.05, 4.69) is 26.2 Å². The van der Waals surface area contributed by atoms with Crippen LogP contribution in [-0.2, 0) is 6.54 Å². The normalized spacial score (nSPS) is 16.6. The van der Waals surface area contributed by atoms with E-state index in [4.69, 9.17) is 5.73 Å². The summed E-state index contributed by atoms with van der Waals surface area (Å²) in [6, 6.07) is 5.25. The van der Waals surface area contributed by atoms with E-state index < -0.39 is 0 Å². The van der Waals surface area contributed by atoms with Crippen LogP contribution in [0.1, 0.15) is 37.7 Å². The van der Waals surface area contributed by atoms with Crippen LogP contribution < -0.4 is 11.1 Å². The van der Waals surface area contributed by atoms with Gasteiger partial charge in [0.15, 0.2) is 5.96 Å². The summed E-state index contributed by atoms with van der Waals surface area (Å²) >= 11 is 3.32. The van der Waals surface area contributed by atoms with E-state index in [1.54, 1.807) is 12.1 Å². The molecule has 0 spiro atoms. The van der Waals surface area contributed by atoms with Crippen molar-refractivity contribution in [1.29, 1.82) is 0 Å². The quantitative estimate of drug-likeness (QED) is 0.412. The predicted octanol–water partition coefficient (Wildman–Crippen LogP) is 3.94. The number of rotatable bonds is 3. The van der Waals surface area contributed by atoms with Gasteiger partial charge in [-0.25, -0.2) is 9.38 Å². The van der Waals surface area contributed by atoms with Crippen molar-refractivity contribution in [3.8, 4) is 0 Å². The molecule has 3 N–H and O–H groups in total. The summed E-state index contributed by atoms with van der Waals surface area (Å²) in [7, 11) is 0. The van der Waals surface area contributed by atoms with Crippen molar-refractivity contribution in [2.24, 2.45) is 10.7 Å². The molecule has 0 radical (unpaired) electrons. The lowest BCUT2D eigenvalue weighted by Crippen LogP contribution is -2.41. The van der Waals surface area contributed by atoms with E-state index in [1.165, 1.54) is 25.3 Å². The number of halogens is 3. The van der Waals surface area contributed by atoms with Gasteiger partial charge in [-0.3, -0.25) is 0 Å². The van der Waals surface area contributed by atoms with E-state index in [9.17, 15) is 4.39 Å². The maximum Gasteiger partial charge on any atom is 0.189 e. The number of aliphatic imine (C=N–C) groups is 1. The molecule has 112 valence electrons. The third kappa shape index (κ3) is 5.55. The van der Waals surface area contributed by atoms with E-state index in [0.29, 0.717) is 17.6 Å². The minimum absolute atomic E-state index is 0. The molecule has 0 amide bonds. The Hall–Kier alpha value is -0.370. The van der Waals surface area contributed by atoms with Crippen LogP contribution in [0.4, 0.5) is 4.39 Å². The molecule has 0 aliphatic heterocycles. The van der Waals surface area contributed by atoms with E-state index in [0.717, 1.165) is 17.3 Å². The zero-order valence-corrected chi connectivity index (χ0v) is 15.2. The highest BCUT2D eigenvalue weighted by molar-refractivity contribution is 14.0.